The number of carbonyl (C=O) groups is 2. The van der Waals surface area contributed by atoms with Crippen molar-refractivity contribution in [3.63, 3.8) is 0 Å². The maximum absolute atomic E-state index is 14.1. The van der Waals surface area contributed by atoms with Gasteiger partial charge in [-0.3, -0.25) is 19.7 Å². The molecule has 0 aromatic heterocycles. The molecule has 3 aromatic rings. The first-order valence-corrected chi connectivity index (χ1v) is 10.5. The van der Waals surface area contributed by atoms with Crippen molar-refractivity contribution in [1.29, 1.82) is 0 Å². The molecule has 9 heteroatoms. The minimum absolute atomic E-state index is 0.0184. The zero-order chi connectivity index (χ0) is 23.1. The van der Waals surface area contributed by atoms with Crippen LogP contribution in [-0.4, -0.2) is 22.8 Å². The molecule has 164 valence electrons. The molecule has 1 unspecified atom stereocenters. The summed E-state index contributed by atoms with van der Waals surface area (Å²) in [6.07, 6.45) is 0. The van der Waals surface area contributed by atoms with Gasteiger partial charge in [-0.1, -0.05) is 54.2 Å². The molecule has 3 rings (SSSR count). The van der Waals surface area contributed by atoms with E-state index in [-0.39, 0.29) is 16.1 Å². The normalized spacial score (nSPS) is 11.4. The van der Waals surface area contributed by atoms with E-state index in [9.17, 15) is 24.1 Å². The predicted octanol–water partition coefficient (Wildman–Crippen LogP) is 4.32. The standard InChI is InChI=1S/C23H20FN3O4S/c1-15(22(28)25-14-16-7-3-2-4-8-16)26-23(29)18-13-17(27(30)31)11-12-20(18)32-21-10-6-5-9-19(21)24/h2-13,15H,14H2,1H3,(H,25,28)(H,26,29). The van der Waals surface area contributed by atoms with Crippen molar-refractivity contribution in [3.05, 3.63) is 99.9 Å². The summed E-state index contributed by atoms with van der Waals surface area (Å²) in [5, 5.41) is 16.5. The van der Waals surface area contributed by atoms with Crippen molar-refractivity contribution >= 4 is 29.3 Å². The smallest absolute Gasteiger partial charge is 0.270 e. The van der Waals surface area contributed by atoms with Crippen LogP contribution in [0.5, 0.6) is 0 Å². The van der Waals surface area contributed by atoms with Gasteiger partial charge < -0.3 is 10.6 Å². The average molecular weight is 453 g/mol. The lowest BCUT2D eigenvalue weighted by atomic mass is 10.1. The topological polar surface area (TPSA) is 101 Å². The van der Waals surface area contributed by atoms with Crippen LogP contribution in [0.15, 0.2) is 82.6 Å². The highest BCUT2D eigenvalue weighted by Crippen LogP contribution is 2.34. The predicted molar refractivity (Wildman–Crippen MR) is 119 cm³/mol. The summed E-state index contributed by atoms with van der Waals surface area (Å²) in [6, 6.07) is 18.2. The highest BCUT2D eigenvalue weighted by atomic mass is 32.2. The monoisotopic (exact) mass is 453 g/mol. The SMILES string of the molecule is CC(NC(=O)c1cc([N+](=O)[O-])ccc1Sc1ccccc1F)C(=O)NCc1ccccc1. The molecule has 32 heavy (non-hydrogen) atoms. The average Bonchev–Trinajstić information content (AvgIpc) is 2.79. The fourth-order valence-corrected chi connectivity index (χ4v) is 3.77. The van der Waals surface area contributed by atoms with Gasteiger partial charge in [0.05, 0.1) is 10.5 Å². The van der Waals surface area contributed by atoms with Crippen LogP contribution in [0.3, 0.4) is 0 Å². The first kappa shape index (κ1) is 23.0. The van der Waals surface area contributed by atoms with Crippen LogP contribution in [0.4, 0.5) is 10.1 Å². The highest BCUT2D eigenvalue weighted by molar-refractivity contribution is 7.99. The molecule has 0 bridgehead atoms. The van der Waals surface area contributed by atoms with Gasteiger partial charge in [0.25, 0.3) is 11.6 Å². The van der Waals surface area contributed by atoms with Crippen molar-refractivity contribution in [3.8, 4) is 0 Å². The first-order valence-electron chi connectivity index (χ1n) is 9.68. The number of hydrogen-bond donors (Lipinski definition) is 2. The van der Waals surface area contributed by atoms with Crippen LogP contribution < -0.4 is 10.6 Å². The minimum Gasteiger partial charge on any atom is -0.350 e. The Morgan fingerprint density at radius 2 is 1.72 bits per heavy atom. The minimum atomic E-state index is -0.892. The molecule has 0 aliphatic rings. The number of nitrogens with zero attached hydrogens (tertiary/aromatic N) is 1. The molecule has 0 heterocycles. The lowest BCUT2D eigenvalue weighted by Crippen LogP contribution is -2.44. The van der Waals surface area contributed by atoms with Gasteiger partial charge in [-0.2, -0.15) is 0 Å². The molecule has 0 saturated carbocycles. The molecule has 7 nitrogen and oxygen atoms in total. The van der Waals surface area contributed by atoms with Crippen molar-refractivity contribution in [2.24, 2.45) is 0 Å². The maximum atomic E-state index is 14.1. The van der Waals surface area contributed by atoms with Gasteiger partial charge >= 0.3 is 0 Å². The Labute approximate surface area is 188 Å². The Bertz CT molecular complexity index is 1140. The summed E-state index contributed by atoms with van der Waals surface area (Å²) < 4.78 is 14.1. The molecule has 0 aliphatic heterocycles. The van der Waals surface area contributed by atoms with E-state index in [1.54, 1.807) is 18.2 Å². The van der Waals surface area contributed by atoms with E-state index in [2.05, 4.69) is 10.6 Å². The molecular formula is C23H20FN3O4S. The Hall–Kier alpha value is -3.72. The second-order valence-electron chi connectivity index (χ2n) is 6.87. The lowest BCUT2D eigenvalue weighted by Gasteiger charge is -2.16. The van der Waals surface area contributed by atoms with E-state index in [1.807, 2.05) is 30.3 Å². The molecule has 1 atom stereocenters. The van der Waals surface area contributed by atoms with Crippen LogP contribution >= 0.6 is 11.8 Å². The second kappa shape index (κ2) is 10.5. The maximum Gasteiger partial charge on any atom is 0.270 e. The Morgan fingerprint density at radius 3 is 2.41 bits per heavy atom. The number of hydrogen-bond acceptors (Lipinski definition) is 5. The molecule has 2 N–H and O–H groups in total. The number of halogens is 1. The van der Waals surface area contributed by atoms with E-state index >= 15 is 0 Å². The molecule has 0 saturated heterocycles. The molecule has 3 aromatic carbocycles. The van der Waals surface area contributed by atoms with Gasteiger partial charge in [0, 0.05) is 28.5 Å². The largest absolute Gasteiger partial charge is 0.350 e. The van der Waals surface area contributed by atoms with E-state index in [0.717, 1.165) is 23.4 Å². The quantitative estimate of drug-likeness (QED) is 0.391. The lowest BCUT2D eigenvalue weighted by molar-refractivity contribution is -0.384. The van der Waals surface area contributed by atoms with Gasteiger partial charge in [-0.05, 0) is 30.7 Å². The number of benzene rings is 3. The number of nitro benzene ring substituents is 1. The summed E-state index contributed by atoms with van der Waals surface area (Å²) in [6.45, 7) is 1.81. The summed E-state index contributed by atoms with van der Waals surface area (Å²) in [5.41, 5.74) is 0.603. The number of amides is 2. The van der Waals surface area contributed by atoms with Crippen LogP contribution in [0.2, 0.25) is 0 Å². The fraction of sp³-hybridized carbons (Fsp3) is 0.130. The van der Waals surface area contributed by atoms with Crippen molar-refractivity contribution in [2.45, 2.75) is 29.3 Å². The zero-order valence-corrected chi connectivity index (χ0v) is 17.9. The second-order valence-corrected chi connectivity index (χ2v) is 7.95. The molecular weight excluding hydrogens is 433 g/mol. The van der Waals surface area contributed by atoms with Crippen molar-refractivity contribution in [1.82, 2.24) is 10.6 Å². The summed E-state index contributed by atoms with van der Waals surface area (Å²) >= 11 is 0.974. The Morgan fingerprint density at radius 1 is 1.03 bits per heavy atom. The van der Waals surface area contributed by atoms with Crippen LogP contribution in [0, 0.1) is 15.9 Å². The van der Waals surface area contributed by atoms with Gasteiger partial charge in [-0.25, -0.2) is 4.39 Å². The van der Waals surface area contributed by atoms with Crippen LogP contribution in [-0.2, 0) is 11.3 Å². The van der Waals surface area contributed by atoms with Crippen LogP contribution in [0.1, 0.15) is 22.8 Å². The highest BCUT2D eigenvalue weighted by Gasteiger charge is 2.22. The number of carbonyl (C=O) groups excluding carboxylic acids is 2. The van der Waals surface area contributed by atoms with Crippen molar-refractivity contribution < 1.29 is 18.9 Å². The van der Waals surface area contributed by atoms with E-state index in [4.69, 9.17) is 0 Å². The number of nitro groups is 1. The van der Waals surface area contributed by atoms with Gasteiger partial charge in [0.1, 0.15) is 11.9 Å². The summed E-state index contributed by atoms with van der Waals surface area (Å²) in [7, 11) is 0. The fourth-order valence-electron chi connectivity index (χ4n) is 2.82. The Balaban J connectivity index is 1.76. The third kappa shape index (κ3) is 5.92. The molecule has 0 fully saturated rings. The summed E-state index contributed by atoms with van der Waals surface area (Å²) in [5.74, 6) is -1.55. The zero-order valence-electron chi connectivity index (χ0n) is 17.1. The number of nitrogens with one attached hydrogen (secondary N) is 2. The molecule has 0 spiro atoms. The third-order valence-corrected chi connectivity index (χ3v) is 5.65. The number of non-ortho nitro benzene ring substituents is 1. The molecule has 2 amide bonds. The van der Waals surface area contributed by atoms with E-state index in [0.29, 0.717) is 11.4 Å². The van der Waals surface area contributed by atoms with Crippen molar-refractivity contribution in [2.75, 3.05) is 0 Å². The molecule has 0 radical (unpaired) electrons. The van der Waals surface area contributed by atoms with E-state index in [1.165, 1.54) is 25.1 Å². The van der Waals surface area contributed by atoms with Crippen LogP contribution in [0.25, 0.3) is 0 Å². The third-order valence-electron chi connectivity index (χ3n) is 4.53. The summed E-state index contributed by atoms with van der Waals surface area (Å²) in [4.78, 5) is 36.4. The van der Waals surface area contributed by atoms with Gasteiger partial charge in [0.15, 0.2) is 0 Å². The van der Waals surface area contributed by atoms with Gasteiger partial charge in [0.2, 0.25) is 5.91 Å². The number of rotatable bonds is 8. The Kier molecular flexibility index (Phi) is 7.56. The van der Waals surface area contributed by atoms with Gasteiger partial charge in [-0.15, -0.1) is 0 Å². The van der Waals surface area contributed by atoms with E-state index < -0.39 is 28.6 Å². The molecule has 0 aliphatic carbocycles. The first-order chi connectivity index (χ1) is 15.3.